The molecule has 166 valence electrons. The summed E-state index contributed by atoms with van der Waals surface area (Å²) in [5.74, 6) is 0. The number of benzene rings is 6. The van der Waals surface area contributed by atoms with Gasteiger partial charge in [0, 0.05) is 42.2 Å². The molecule has 8 aromatic rings. The molecule has 0 radical (unpaired) electrons. The Kier molecular flexibility index (Phi) is 3.47. The van der Waals surface area contributed by atoms with Crippen molar-refractivity contribution in [3.8, 4) is 27.9 Å². The maximum atomic E-state index is 2.50. The van der Waals surface area contributed by atoms with Gasteiger partial charge in [0.2, 0.25) is 0 Å². The SMILES string of the molecule is c1cc2c3c(cccc3c1)-c1c-2ccc2c3ccccc3n(-c3ccc4sc5ccccc5c4c3)c12. The highest BCUT2D eigenvalue weighted by molar-refractivity contribution is 7.25. The number of para-hydroxylation sites is 1. The Labute approximate surface area is 211 Å². The van der Waals surface area contributed by atoms with E-state index in [4.69, 9.17) is 0 Å². The quantitative estimate of drug-likeness (QED) is 0.223. The first kappa shape index (κ1) is 18.9. The zero-order chi connectivity index (χ0) is 23.4. The van der Waals surface area contributed by atoms with Gasteiger partial charge in [0.25, 0.3) is 0 Å². The number of hydrogen-bond acceptors (Lipinski definition) is 1. The molecule has 0 spiro atoms. The second kappa shape index (κ2) is 6.63. The second-order valence-electron chi connectivity index (χ2n) is 9.72. The van der Waals surface area contributed by atoms with Gasteiger partial charge in [0.15, 0.2) is 0 Å². The van der Waals surface area contributed by atoms with E-state index in [-0.39, 0.29) is 0 Å². The summed E-state index contributed by atoms with van der Waals surface area (Å²) in [6.45, 7) is 0. The fourth-order valence-corrected chi connectivity index (χ4v) is 7.54. The molecule has 2 aromatic heterocycles. The lowest BCUT2D eigenvalue weighted by atomic mass is 10.00. The number of rotatable bonds is 1. The fourth-order valence-electron chi connectivity index (χ4n) is 6.45. The van der Waals surface area contributed by atoms with Crippen molar-refractivity contribution in [3.05, 3.63) is 115 Å². The Morgan fingerprint density at radius 3 is 2.19 bits per heavy atom. The normalized spacial score (nSPS) is 12.4. The summed E-state index contributed by atoms with van der Waals surface area (Å²) in [6.07, 6.45) is 0. The summed E-state index contributed by atoms with van der Waals surface area (Å²) in [5.41, 5.74) is 9.14. The molecule has 2 heterocycles. The Morgan fingerprint density at radius 2 is 1.28 bits per heavy atom. The average molecular weight is 474 g/mol. The summed E-state index contributed by atoms with van der Waals surface area (Å²) < 4.78 is 5.18. The Bertz CT molecular complexity index is 2200. The molecule has 0 N–H and O–H groups in total. The Hall–Kier alpha value is -4.40. The van der Waals surface area contributed by atoms with Crippen molar-refractivity contribution >= 4 is 64.1 Å². The van der Waals surface area contributed by atoms with Crippen molar-refractivity contribution in [1.29, 1.82) is 0 Å². The molecule has 0 saturated heterocycles. The van der Waals surface area contributed by atoms with Crippen molar-refractivity contribution in [2.75, 3.05) is 0 Å². The topological polar surface area (TPSA) is 4.93 Å². The fraction of sp³-hybridized carbons (Fsp3) is 0. The van der Waals surface area contributed by atoms with Crippen LogP contribution in [0, 0.1) is 0 Å². The first-order chi connectivity index (χ1) is 17.9. The van der Waals surface area contributed by atoms with E-state index in [1.165, 1.54) is 80.7 Å². The second-order valence-corrected chi connectivity index (χ2v) is 10.8. The first-order valence-corrected chi connectivity index (χ1v) is 13.2. The van der Waals surface area contributed by atoms with Gasteiger partial charge >= 0.3 is 0 Å². The molecule has 0 saturated carbocycles. The highest BCUT2D eigenvalue weighted by Crippen LogP contribution is 2.52. The van der Waals surface area contributed by atoms with Crippen molar-refractivity contribution in [2.24, 2.45) is 0 Å². The van der Waals surface area contributed by atoms with E-state index in [1.54, 1.807) is 0 Å². The van der Waals surface area contributed by atoms with Gasteiger partial charge in [-0.15, -0.1) is 11.3 Å². The largest absolute Gasteiger partial charge is 0.309 e. The first-order valence-electron chi connectivity index (χ1n) is 12.4. The molecule has 0 unspecified atom stereocenters. The minimum atomic E-state index is 1.22. The molecule has 9 rings (SSSR count). The Balaban J connectivity index is 1.47. The van der Waals surface area contributed by atoms with Crippen LogP contribution in [0.5, 0.6) is 0 Å². The number of thiophene rings is 1. The van der Waals surface area contributed by atoms with Crippen molar-refractivity contribution in [3.63, 3.8) is 0 Å². The van der Waals surface area contributed by atoms with Gasteiger partial charge in [-0.05, 0) is 57.8 Å². The highest BCUT2D eigenvalue weighted by Gasteiger charge is 2.26. The monoisotopic (exact) mass is 473 g/mol. The number of nitrogens with zero attached hydrogens (tertiary/aromatic N) is 1. The molecule has 0 bridgehead atoms. The van der Waals surface area contributed by atoms with Crippen molar-refractivity contribution < 1.29 is 0 Å². The molecule has 36 heavy (non-hydrogen) atoms. The van der Waals surface area contributed by atoms with E-state index in [0.717, 1.165) is 0 Å². The standard InChI is InChI=1S/C34H19NS/c1-3-13-29-22(9-1)26-17-16-25-24-11-5-7-20-8-6-12-27(32(20)24)33(25)34(26)35(29)21-15-18-31-28(19-21)23-10-2-4-14-30(23)36-31/h1-19H. The van der Waals surface area contributed by atoms with Gasteiger partial charge in [-0.2, -0.15) is 0 Å². The van der Waals surface area contributed by atoms with Gasteiger partial charge in [0.05, 0.1) is 11.0 Å². The minimum Gasteiger partial charge on any atom is -0.309 e. The highest BCUT2D eigenvalue weighted by atomic mass is 32.1. The number of fused-ring (bicyclic) bond motifs is 10. The number of hydrogen-bond donors (Lipinski definition) is 0. The molecule has 2 heteroatoms. The van der Waals surface area contributed by atoms with Crippen LogP contribution in [-0.4, -0.2) is 4.57 Å². The minimum absolute atomic E-state index is 1.22. The van der Waals surface area contributed by atoms with E-state index >= 15 is 0 Å². The van der Waals surface area contributed by atoms with Crippen LogP contribution < -0.4 is 0 Å². The summed E-state index contributed by atoms with van der Waals surface area (Å²) in [4.78, 5) is 0. The van der Waals surface area contributed by atoms with Crippen LogP contribution >= 0.6 is 11.3 Å². The number of aromatic nitrogens is 1. The van der Waals surface area contributed by atoms with E-state index in [9.17, 15) is 0 Å². The van der Waals surface area contributed by atoms with E-state index in [2.05, 4.69) is 120 Å². The average Bonchev–Trinajstić information content (AvgIpc) is 3.58. The molecule has 1 aliphatic carbocycles. The van der Waals surface area contributed by atoms with Crippen LogP contribution in [-0.2, 0) is 0 Å². The summed E-state index contributed by atoms with van der Waals surface area (Å²) in [5, 5.41) is 7.96. The van der Waals surface area contributed by atoms with Crippen LogP contribution in [0.25, 0.3) is 80.7 Å². The van der Waals surface area contributed by atoms with Gasteiger partial charge in [-0.3, -0.25) is 0 Å². The maximum absolute atomic E-state index is 2.50. The predicted octanol–water partition coefficient (Wildman–Crippen LogP) is 9.95. The van der Waals surface area contributed by atoms with Crippen LogP contribution in [0.1, 0.15) is 0 Å². The summed E-state index contributed by atoms with van der Waals surface area (Å²) in [7, 11) is 0. The lowest BCUT2D eigenvalue weighted by Crippen LogP contribution is -1.95. The van der Waals surface area contributed by atoms with Crippen molar-refractivity contribution in [2.45, 2.75) is 0 Å². The van der Waals surface area contributed by atoms with Crippen LogP contribution in [0.2, 0.25) is 0 Å². The summed E-state index contributed by atoms with van der Waals surface area (Å²) >= 11 is 1.87. The molecular weight excluding hydrogens is 454 g/mol. The molecular formula is C34H19NS. The smallest absolute Gasteiger partial charge is 0.0625 e. The van der Waals surface area contributed by atoms with E-state index in [1.807, 2.05) is 11.3 Å². The van der Waals surface area contributed by atoms with Gasteiger partial charge in [-0.1, -0.05) is 84.9 Å². The molecule has 0 atom stereocenters. The summed E-state index contributed by atoms with van der Waals surface area (Å²) in [6, 6.07) is 42.7. The predicted molar refractivity (Wildman–Crippen MR) is 156 cm³/mol. The third-order valence-electron chi connectivity index (χ3n) is 7.92. The van der Waals surface area contributed by atoms with Crippen LogP contribution in [0.4, 0.5) is 0 Å². The van der Waals surface area contributed by atoms with E-state index in [0.29, 0.717) is 0 Å². The molecule has 0 fully saturated rings. The molecule has 1 nitrogen and oxygen atoms in total. The van der Waals surface area contributed by atoms with Crippen LogP contribution in [0.15, 0.2) is 115 Å². The van der Waals surface area contributed by atoms with Gasteiger partial charge in [-0.25, -0.2) is 0 Å². The molecule has 1 aliphatic rings. The molecule has 6 aromatic carbocycles. The maximum Gasteiger partial charge on any atom is 0.0625 e. The van der Waals surface area contributed by atoms with Gasteiger partial charge < -0.3 is 4.57 Å². The third kappa shape index (κ3) is 2.26. The molecule has 0 aliphatic heterocycles. The zero-order valence-corrected chi connectivity index (χ0v) is 20.1. The van der Waals surface area contributed by atoms with Gasteiger partial charge in [0.1, 0.15) is 0 Å². The van der Waals surface area contributed by atoms with E-state index < -0.39 is 0 Å². The zero-order valence-electron chi connectivity index (χ0n) is 19.3. The third-order valence-corrected chi connectivity index (χ3v) is 9.07. The van der Waals surface area contributed by atoms with Crippen molar-refractivity contribution in [1.82, 2.24) is 4.57 Å². The lowest BCUT2D eigenvalue weighted by Gasteiger charge is -2.12. The Morgan fingerprint density at radius 1 is 0.500 bits per heavy atom. The lowest BCUT2D eigenvalue weighted by molar-refractivity contribution is 1.19. The molecule has 0 amide bonds. The van der Waals surface area contributed by atoms with Crippen LogP contribution in [0.3, 0.4) is 0 Å².